The summed E-state index contributed by atoms with van der Waals surface area (Å²) in [6.07, 6.45) is 2.58. The van der Waals surface area contributed by atoms with Crippen LogP contribution in [0.5, 0.6) is 0 Å². The lowest BCUT2D eigenvalue weighted by Gasteiger charge is -2.29. The van der Waals surface area contributed by atoms with E-state index in [0.717, 1.165) is 31.2 Å². The van der Waals surface area contributed by atoms with E-state index in [9.17, 15) is 27.6 Å². The minimum atomic E-state index is -3.31. The Morgan fingerprint density at radius 1 is 1.22 bits per heavy atom. The van der Waals surface area contributed by atoms with Crippen LogP contribution in [0.1, 0.15) is 56.9 Å². The van der Waals surface area contributed by atoms with Gasteiger partial charge in [-0.05, 0) is 63.5 Å². The van der Waals surface area contributed by atoms with Gasteiger partial charge in [-0.15, -0.1) is 0 Å². The quantitative estimate of drug-likeness (QED) is 0.334. The van der Waals surface area contributed by atoms with Gasteiger partial charge in [-0.25, -0.2) is 8.78 Å². The van der Waals surface area contributed by atoms with Crippen LogP contribution in [-0.4, -0.2) is 35.2 Å². The number of thioether (sulfide) groups is 1. The van der Waals surface area contributed by atoms with E-state index >= 15 is 0 Å². The van der Waals surface area contributed by atoms with Gasteiger partial charge in [-0.3, -0.25) is 10.1 Å². The molecule has 0 unspecified atom stereocenters. The van der Waals surface area contributed by atoms with Gasteiger partial charge in [0.15, 0.2) is 0 Å². The zero-order valence-corrected chi connectivity index (χ0v) is 18.9. The van der Waals surface area contributed by atoms with Crippen molar-refractivity contribution in [2.45, 2.75) is 85.9 Å². The van der Waals surface area contributed by atoms with Gasteiger partial charge in [0.2, 0.25) is 11.8 Å². The zero-order chi connectivity index (χ0) is 23.4. The van der Waals surface area contributed by atoms with Gasteiger partial charge in [-0.1, -0.05) is 29.5 Å². The number of alkyl halides is 4. The highest BCUT2D eigenvalue weighted by Gasteiger charge is 2.44. The number of nitrogens with one attached hydrogen (secondary N) is 2. The van der Waals surface area contributed by atoms with Crippen LogP contribution in [0.4, 0.5) is 17.6 Å². The Morgan fingerprint density at radius 2 is 1.84 bits per heavy atom. The largest absolute Gasteiger partial charge is 0.336 e. The average molecular weight is 472 g/mol. The summed E-state index contributed by atoms with van der Waals surface area (Å²) in [5.41, 5.74) is -0.175. The number of hydrogen-bond donors (Lipinski definition) is 2. The van der Waals surface area contributed by atoms with Crippen molar-refractivity contribution in [3.8, 4) is 6.07 Å². The minimum Gasteiger partial charge on any atom is -0.336 e. The van der Waals surface area contributed by atoms with E-state index in [4.69, 9.17) is 0 Å². The monoisotopic (exact) mass is 471 g/mol. The molecule has 176 valence electrons. The minimum absolute atomic E-state index is 0.0764. The number of nitriles is 1. The van der Waals surface area contributed by atoms with E-state index in [1.165, 1.54) is 0 Å². The Morgan fingerprint density at radius 3 is 2.41 bits per heavy atom. The summed E-state index contributed by atoms with van der Waals surface area (Å²) in [6.45, 7) is 0.903. The number of carbonyl (C=O) groups excluding carboxylic acids is 1. The van der Waals surface area contributed by atoms with E-state index in [0.29, 0.717) is 29.5 Å². The van der Waals surface area contributed by atoms with Gasteiger partial charge in [0.05, 0.1) is 18.7 Å². The molecular formula is C23H29F4N3OS. The van der Waals surface area contributed by atoms with E-state index in [1.54, 1.807) is 24.3 Å². The predicted molar refractivity (Wildman–Crippen MR) is 116 cm³/mol. The van der Waals surface area contributed by atoms with Crippen LogP contribution >= 0.6 is 11.8 Å². The average Bonchev–Trinajstić information content (AvgIpc) is 3.40. The summed E-state index contributed by atoms with van der Waals surface area (Å²) in [4.78, 5) is 13.2. The molecule has 4 nitrogen and oxygen atoms in total. The molecule has 0 bridgehead atoms. The van der Waals surface area contributed by atoms with Crippen LogP contribution in [0.2, 0.25) is 0 Å². The van der Waals surface area contributed by atoms with Crippen molar-refractivity contribution in [1.82, 2.24) is 10.6 Å². The van der Waals surface area contributed by atoms with Crippen LogP contribution in [0, 0.1) is 24.2 Å². The van der Waals surface area contributed by atoms with E-state index in [-0.39, 0.29) is 12.3 Å². The molecule has 3 rings (SSSR count). The lowest BCUT2D eigenvalue weighted by atomic mass is 9.97. The van der Waals surface area contributed by atoms with Crippen molar-refractivity contribution in [3.63, 3.8) is 0 Å². The Kier molecular flexibility index (Phi) is 7.77. The van der Waals surface area contributed by atoms with Crippen LogP contribution in [-0.2, 0) is 4.79 Å². The first kappa shape index (κ1) is 24.8. The van der Waals surface area contributed by atoms with E-state index in [2.05, 4.69) is 16.7 Å². The summed E-state index contributed by atoms with van der Waals surface area (Å²) in [5, 5.41) is 11.1. The topological polar surface area (TPSA) is 64.9 Å². The molecule has 1 aromatic carbocycles. The molecule has 9 heteroatoms. The van der Waals surface area contributed by atoms with Gasteiger partial charge in [0, 0.05) is 17.7 Å². The van der Waals surface area contributed by atoms with Gasteiger partial charge in [0.25, 0.3) is 0 Å². The molecule has 2 aliphatic carbocycles. The number of rotatable bonds is 11. The molecule has 1 aromatic rings. The van der Waals surface area contributed by atoms with Crippen molar-refractivity contribution in [3.05, 3.63) is 29.8 Å². The van der Waals surface area contributed by atoms with E-state index < -0.39 is 41.6 Å². The summed E-state index contributed by atoms with van der Waals surface area (Å²) < 4.78 is 58.2. The number of benzene rings is 1. The Bertz CT molecular complexity index is 831. The van der Waals surface area contributed by atoms with Crippen LogP contribution in [0.3, 0.4) is 0 Å². The molecule has 0 saturated heterocycles. The molecule has 0 aromatic heterocycles. The van der Waals surface area contributed by atoms with Gasteiger partial charge in [0.1, 0.15) is 5.54 Å². The molecule has 1 atom stereocenters. The van der Waals surface area contributed by atoms with Gasteiger partial charge in [-0.2, -0.15) is 14.0 Å². The van der Waals surface area contributed by atoms with Gasteiger partial charge >= 0.3 is 5.25 Å². The molecule has 1 amide bonds. The summed E-state index contributed by atoms with van der Waals surface area (Å²) >= 11 is 0.316. The van der Waals surface area contributed by atoms with E-state index in [1.807, 2.05) is 6.92 Å². The zero-order valence-electron chi connectivity index (χ0n) is 18.1. The number of amides is 1. The molecule has 0 radical (unpaired) electrons. The lowest BCUT2D eigenvalue weighted by Crippen LogP contribution is -2.55. The maximum atomic E-state index is 14.6. The van der Waals surface area contributed by atoms with Crippen molar-refractivity contribution >= 4 is 17.7 Å². The highest BCUT2D eigenvalue weighted by Crippen LogP contribution is 2.41. The fourth-order valence-electron chi connectivity index (χ4n) is 4.01. The first-order chi connectivity index (χ1) is 15.0. The first-order valence-electron chi connectivity index (χ1n) is 11.0. The SMILES string of the molecule is Cc1ccc(SC(F)(F)CN[C@@H](CC(F)(F)CC2CC2)C(=O)NC2(C#N)CCCC2)cc1. The molecule has 0 aliphatic heterocycles. The Hall–Kier alpha value is -1.79. The third-order valence-electron chi connectivity index (χ3n) is 5.98. The molecule has 2 fully saturated rings. The first-order valence-corrected chi connectivity index (χ1v) is 11.8. The van der Waals surface area contributed by atoms with Crippen LogP contribution < -0.4 is 10.6 Å². The number of hydrogen-bond acceptors (Lipinski definition) is 4. The smallest absolute Gasteiger partial charge is 0.310 e. The third kappa shape index (κ3) is 7.38. The van der Waals surface area contributed by atoms with Crippen molar-refractivity contribution in [2.75, 3.05) is 6.54 Å². The molecule has 0 spiro atoms. The predicted octanol–water partition coefficient (Wildman–Crippen LogP) is 5.42. The second-order valence-electron chi connectivity index (χ2n) is 9.08. The maximum Gasteiger partial charge on any atom is 0.310 e. The highest BCUT2D eigenvalue weighted by molar-refractivity contribution is 8.00. The summed E-state index contributed by atoms with van der Waals surface area (Å²) in [6, 6.07) is 7.12. The standard InChI is InChI=1S/C23H29F4N3OS/c1-16-4-8-18(9-5-16)32-23(26,27)15-29-19(13-22(24,25)12-17-6-7-17)20(31)30-21(14-28)10-2-3-11-21/h4-5,8-9,17,19,29H,2-3,6-7,10-13,15H2,1H3,(H,30,31)/t19-/m0/s1. The fourth-order valence-corrected chi connectivity index (χ4v) is 4.78. The number of nitrogens with zero attached hydrogens (tertiary/aromatic N) is 1. The summed E-state index contributed by atoms with van der Waals surface area (Å²) in [5.74, 6) is -4.04. The molecule has 2 aliphatic rings. The van der Waals surface area contributed by atoms with Crippen molar-refractivity contribution < 1.29 is 22.4 Å². The second kappa shape index (κ2) is 10.0. The molecule has 2 N–H and O–H groups in total. The molecule has 2 saturated carbocycles. The Labute approximate surface area is 190 Å². The fraction of sp³-hybridized carbons (Fsp3) is 0.652. The lowest BCUT2D eigenvalue weighted by molar-refractivity contribution is -0.128. The molecular weight excluding hydrogens is 442 g/mol. The highest BCUT2D eigenvalue weighted by atomic mass is 32.2. The second-order valence-corrected chi connectivity index (χ2v) is 10.4. The normalized spacial score (nSPS) is 19.4. The maximum absolute atomic E-state index is 14.6. The van der Waals surface area contributed by atoms with Crippen molar-refractivity contribution in [1.29, 1.82) is 5.26 Å². The van der Waals surface area contributed by atoms with Crippen LogP contribution in [0.25, 0.3) is 0 Å². The Balaban J connectivity index is 1.67. The van der Waals surface area contributed by atoms with Crippen molar-refractivity contribution in [2.24, 2.45) is 5.92 Å². The summed E-state index contributed by atoms with van der Waals surface area (Å²) in [7, 11) is 0. The van der Waals surface area contributed by atoms with Crippen LogP contribution in [0.15, 0.2) is 29.2 Å². The number of aryl methyl sites for hydroxylation is 1. The van der Waals surface area contributed by atoms with Gasteiger partial charge < -0.3 is 5.32 Å². The number of carbonyl (C=O) groups is 1. The molecule has 0 heterocycles. The molecule has 32 heavy (non-hydrogen) atoms. The third-order valence-corrected chi connectivity index (χ3v) is 6.93. The number of halogens is 4.